The van der Waals surface area contributed by atoms with Gasteiger partial charge in [0.2, 0.25) is 0 Å². The Bertz CT molecular complexity index is 708. The average molecular weight is 336 g/mol. The van der Waals surface area contributed by atoms with Gasteiger partial charge in [-0.05, 0) is 38.5 Å². The van der Waals surface area contributed by atoms with Crippen LogP contribution in [0.1, 0.15) is 30.8 Å². The van der Waals surface area contributed by atoms with Crippen molar-refractivity contribution in [2.45, 2.75) is 20.3 Å². The minimum Gasteiger partial charge on any atom is -0.481 e. The van der Waals surface area contributed by atoms with E-state index in [1.165, 1.54) is 0 Å². The van der Waals surface area contributed by atoms with Gasteiger partial charge in [0.1, 0.15) is 5.69 Å². The van der Waals surface area contributed by atoms with Crippen LogP contribution in [0.25, 0.3) is 11.3 Å². The molecule has 6 nitrogen and oxygen atoms in total. The first kappa shape index (κ1) is 17.0. The SMILES string of the molecule is CC(C)(CCNC(=O)c1cc(-c2ccc(Cl)cc2)n[nH]1)C(=O)O. The summed E-state index contributed by atoms with van der Waals surface area (Å²) in [7, 11) is 0. The summed E-state index contributed by atoms with van der Waals surface area (Å²) in [5.74, 6) is -1.21. The second-order valence-electron chi connectivity index (χ2n) is 5.87. The van der Waals surface area contributed by atoms with E-state index in [0.29, 0.717) is 22.8 Å². The molecule has 0 spiro atoms. The molecule has 0 saturated heterocycles. The van der Waals surface area contributed by atoms with Crippen LogP contribution in [0.2, 0.25) is 5.02 Å². The van der Waals surface area contributed by atoms with Crippen molar-refractivity contribution in [2.24, 2.45) is 5.41 Å². The lowest BCUT2D eigenvalue weighted by atomic mass is 9.90. The molecule has 0 fully saturated rings. The Labute approximate surface area is 138 Å². The summed E-state index contributed by atoms with van der Waals surface area (Å²) in [6.07, 6.45) is 0.340. The molecule has 0 bridgehead atoms. The number of benzene rings is 1. The second kappa shape index (κ2) is 6.83. The van der Waals surface area contributed by atoms with Gasteiger partial charge in [-0.15, -0.1) is 0 Å². The van der Waals surface area contributed by atoms with E-state index < -0.39 is 11.4 Å². The van der Waals surface area contributed by atoms with E-state index in [1.54, 1.807) is 32.0 Å². The molecule has 0 unspecified atom stereocenters. The Balaban J connectivity index is 1.96. The van der Waals surface area contributed by atoms with Crippen LogP contribution in [0.4, 0.5) is 0 Å². The summed E-state index contributed by atoms with van der Waals surface area (Å²) in [6, 6.07) is 8.77. The summed E-state index contributed by atoms with van der Waals surface area (Å²) < 4.78 is 0. The number of carboxylic acid groups (broad SMARTS) is 1. The molecule has 0 saturated carbocycles. The van der Waals surface area contributed by atoms with Crippen molar-refractivity contribution in [1.82, 2.24) is 15.5 Å². The first-order chi connectivity index (χ1) is 10.8. The fourth-order valence-corrected chi connectivity index (χ4v) is 2.02. The predicted octanol–water partition coefficient (Wildman–Crippen LogP) is 2.96. The second-order valence-corrected chi connectivity index (χ2v) is 6.31. The van der Waals surface area contributed by atoms with Crippen LogP contribution >= 0.6 is 11.6 Å². The average Bonchev–Trinajstić information content (AvgIpc) is 2.97. The summed E-state index contributed by atoms with van der Waals surface area (Å²) >= 11 is 5.84. The van der Waals surface area contributed by atoms with Gasteiger partial charge in [0, 0.05) is 17.1 Å². The standard InChI is InChI=1S/C16H18ClN3O3/c1-16(2,15(22)23)7-8-18-14(21)13-9-12(19-20-13)10-3-5-11(17)6-4-10/h3-6,9H,7-8H2,1-2H3,(H,18,21)(H,19,20)(H,22,23). The summed E-state index contributed by atoms with van der Waals surface area (Å²) in [4.78, 5) is 23.1. The maximum absolute atomic E-state index is 12.0. The van der Waals surface area contributed by atoms with Crippen molar-refractivity contribution in [3.05, 3.63) is 41.0 Å². The topological polar surface area (TPSA) is 95.1 Å². The van der Waals surface area contributed by atoms with Crippen molar-refractivity contribution in [1.29, 1.82) is 0 Å². The van der Waals surface area contributed by atoms with Crippen molar-refractivity contribution < 1.29 is 14.7 Å². The number of aromatic amines is 1. The molecule has 1 amide bonds. The molecule has 2 rings (SSSR count). The van der Waals surface area contributed by atoms with Gasteiger partial charge in [-0.1, -0.05) is 23.7 Å². The third-order valence-electron chi connectivity index (χ3n) is 3.58. The van der Waals surface area contributed by atoms with Crippen molar-refractivity contribution in [3.63, 3.8) is 0 Å². The number of aliphatic carboxylic acids is 1. The van der Waals surface area contributed by atoms with Crippen molar-refractivity contribution in [3.8, 4) is 11.3 Å². The Morgan fingerprint density at radius 2 is 1.96 bits per heavy atom. The quantitative estimate of drug-likeness (QED) is 0.756. The monoisotopic (exact) mass is 335 g/mol. The summed E-state index contributed by atoms with van der Waals surface area (Å²) in [6.45, 7) is 3.51. The van der Waals surface area contributed by atoms with Gasteiger partial charge < -0.3 is 10.4 Å². The third kappa shape index (κ3) is 4.32. The highest BCUT2D eigenvalue weighted by molar-refractivity contribution is 6.30. The number of carboxylic acids is 1. The number of hydrogen-bond acceptors (Lipinski definition) is 3. The first-order valence-corrected chi connectivity index (χ1v) is 7.50. The fraction of sp³-hybridized carbons (Fsp3) is 0.312. The number of H-pyrrole nitrogens is 1. The molecule has 1 aromatic carbocycles. The largest absolute Gasteiger partial charge is 0.481 e. The van der Waals surface area contributed by atoms with Crippen LogP contribution < -0.4 is 5.32 Å². The van der Waals surface area contributed by atoms with Gasteiger partial charge >= 0.3 is 5.97 Å². The highest BCUT2D eigenvalue weighted by atomic mass is 35.5. The number of amides is 1. The summed E-state index contributed by atoms with van der Waals surface area (Å²) in [5.41, 5.74) is 0.924. The van der Waals surface area contributed by atoms with E-state index >= 15 is 0 Å². The number of hydrogen-bond donors (Lipinski definition) is 3. The maximum Gasteiger partial charge on any atom is 0.309 e. The molecule has 0 aliphatic heterocycles. The molecule has 7 heteroatoms. The first-order valence-electron chi connectivity index (χ1n) is 7.12. The smallest absolute Gasteiger partial charge is 0.309 e. The number of nitrogens with zero attached hydrogens (tertiary/aromatic N) is 1. The molecule has 2 aromatic rings. The molecule has 23 heavy (non-hydrogen) atoms. The number of carbonyl (C=O) groups excluding carboxylic acids is 1. The number of aromatic nitrogens is 2. The van der Waals surface area contributed by atoms with E-state index in [2.05, 4.69) is 15.5 Å². The van der Waals surface area contributed by atoms with E-state index in [-0.39, 0.29) is 12.5 Å². The van der Waals surface area contributed by atoms with E-state index in [9.17, 15) is 9.59 Å². The number of rotatable bonds is 6. The highest BCUT2D eigenvalue weighted by Crippen LogP contribution is 2.21. The zero-order valence-corrected chi connectivity index (χ0v) is 13.6. The van der Waals surface area contributed by atoms with E-state index in [0.717, 1.165) is 5.56 Å². The molecule has 0 radical (unpaired) electrons. The minimum absolute atomic E-state index is 0.271. The molecule has 1 aromatic heterocycles. The number of carbonyl (C=O) groups is 2. The van der Waals surface area contributed by atoms with Gasteiger partial charge in [-0.25, -0.2) is 0 Å². The minimum atomic E-state index is -0.890. The zero-order valence-electron chi connectivity index (χ0n) is 12.9. The lowest BCUT2D eigenvalue weighted by Gasteiger charge is -2.18. The van der Waals surface area contributed by atoms with E-state index in [1.807, 2.05) is 12.1 Å². The lowest BCUT2D eigenvalue weighted by Crippen LogP contribution is -2.32. The Hall–Kier alpha value is -2.34. The van der Waals surface area contributed by atoms with Gasteiger partial charge in [-0.2, -0.15) is 5.10 Å². The molecule has 0 aliphatic rings. The Kier molecular flexibility index (Phi) is 5.05. The Morgan fingerprint density at radius 1 is 1.30 bits per heavy atom. The van der Waals surface area contributed by atoms with Gasteiger partial charge in [-0.3, -0.25) is 14.7 Å². The van der Waals surface area contributed by atoms with E-state index in [4.69, 9.17) is 16.7 Å². The molecular formula is C16H18ClN3O3. The normalized spacial score (nSPS) is 11.3. The number of halogens is 1. The highest BCUT2D eigenvalue weighted by Gasteiger charge is 2.26. The lowest BCUT2D eigenvalue weighted by molar-refractivity contribution is -0.147. The maximum atomic E-state index is 12.0. The van der Waals surface area contributed by atoms with Crippen LogP contribution in [-0.4, -0.2) is 33.7 Å². The Morgan fingerprint density at radius 3 is 2.57 bits per heavy atom. The molecule has 0 atom stereocenters. The van der Waals surface area contributed by atoms with Crippen molar-refractivity contribution in [2.75, 3.05) is 6.54 Å². The summed E-state index contributed by atoms with van der Waals surface area (Å²) in [5, 5.41) is 19.1. The fourth-order valence-electron chi connectivity index (χ4n) is 1.90. The van der Waals surface area contributed by atoms with Crippen LogP contribution in [0.5, 0.6) is 0 Å². The molecule has 122 valence electrons. The van der Waals surface area contributed by atoms with Crippen LogP contribution in [0, 0.1) is 5.41 Å². The van der Waals surface area contributed by atoms with Gasteiger partial charge in [0.05, 0.1) is 11.1 Å². The van der Waals surface area contributed by atoms with Crippen LogP contribution in [0.15, 0.2) is 30.3 Å². The third-order valence-corrected chi connectivity index (χ3v) is 3.83. The van der Waals surface area contributed by atoms with Crippen molar-refractivity contribution >= 4 is 23.5 Å². The molecular weight excluding hydrogens is 318 g/mol. The van der Waals surface area contributed by atoms with Gasteiger partial charge in [0.15, 0.2) is 0 Å². The number of nitrogens with one attached hydrogen (secondary N) is 2. The predicted molar refractivity (Wildman–Crippen MR) is 87.4 cm³/mol. The zero-order chi connectivity index (χ0) is 17.0. The van der Waals surface area contributed by atoms with Gasteiger partial charge in [0.25, 0.3) is 5.91 Å². The van der Waals surface area contributed by atoms with Crippen LogP contribution in [-0.2, 0) is 4.79 Å². The van der Waals surface area contributed by atoms with Crippen LogP contribution in [0.3, 0.4) is 0 Å². The molecule has 0 aliphatic carbocycles. The molecule has 1 heterocycles. The molecule has 3 N–H and O–H groups in total.